The molecule has 0 aromatic rings. The second-order valence-corrected chi connectivity index (χ2v) is 6.85. The van der Waals surface area contributed by atoms with Crippen molar-refractivity contribution in [3.8, 4) is 0 Å². The Labute approximate surface area is 119 Å². The zero-order valence-electron chi connectivity index (χ0n) is 12.6. The van der Waals surface area contributed by atoms with Gasteiger partial charge in [0.05, 0.1) is 0 Å². The van der Waals surface area contributed by atoms with Crippen molar-refractivity contribution >= 4 is 0 Å². The molecule has 0 aromatic carbocycles. The SMILES string of the molecule is C1CCCC(=C2CCCCCC2=C2CCCC2)CC1. The Hall–Kier alpha value is -0.520. The fourth-order valence-electron chi connectivity index (χ4n) is 4.42. The smallest absolute Gasteiger partial charge is 0.0277 e. The summed E-state index contributed by atoms with van der Waals surface area (Å²) < 4.78 is 0. The summed E-state index contributed by atoms with van der Waals surface area (Å²) in [4.78, 5) is 0. The Morgan fingerprint density at radius 3 is 1.11 bits per heavy atom. The summed E-state index contributed by atoms with van der Waals surface area (Å²) in [5.74, 6) is 0. The number of allylic oxidation sites excluding steroid dienone is 4. The molecule has 0 atom stereocenters. The van der Waals surface area contributed by atoms with E-state index in [-0.39, 0.29) is 0 Å². The van der Waals surface area contributed by atoms with E-state index in [1.165, 1.54) is 96.3 Å². The van der Waals surface area contributed by atoms with Gasteiger partial charge in [0.25, 0.3) is 0 Å². The van der Waals surface area contributed by atoms with Gasteiger partial charge in [0, 0.05) is 0 Å². The maximum Gasteiger partial charge on any atom is -0.0277 e. The molecule has 0 bridgehead atoms. The van der Waals surface area contributed by atoms with Crippen LogP contribution in [0.15, 0.2) is 22.3 Å². The Morgan fingerprint density at radius 1 is 0.316 bits per heavy atom. The molecule has 0 spiro atoms. The van der Waals surface area contributed by atoms with Gasteiger partial charge in [0.1, 0.15) is 0 Å². The second-order valence-electron chi connectivity index (χ2n) is 6.85. The van der Waals surface area contributed by atoms with Crippen LogP contribution in [0.25, 0.3) is 0 Å². The topological polar surface area (TPSA) is 0 Å². The minimum absolute atomic E-state index is 1.41. The quantitative estimate of drug-likeness (QED) is 0.437. The third-order valence-corrected chi connectivity index (χ3v) is 5.49. The first-order valence-corrected chi connectivity index (χ1v) is 8.87. The lowest BCUT2D eigenvalue weighted by atomic mass is 9.88. The monoisotopic (exact) mass is 258 g/mol. The highest BCUT2D eigenvalue weighted by atomic mass is 14.3. The molecule has 3 saturated carbocycles. The Bertz CT molecular complexity index is 351. The minimum Gasteiger partial charge on any atom is -0.0667 e. The highest BCUT2D eigenvalue weighted by Crippen LogP contribution is 2.40. The van der Waals surface area contributed by atoms with Crippen LogP contribution in [0.3, 0.4) is 0 Å². The van der Waals surface area contributed by atoms with E-state index < -0.39 is 0 Å². The molecule has 0 unspecified atom stereocenters. The van der Waals surface area contributed by atoms with Crippen LogP contribution in [0.2, 0.25) is 0 Å². The van der Waals surface area contributed by atoms with Crippen LogP contribution in [-0.4, -0.2) is 0 Å². The summed E-state index contributed by atoms with van der Waals surface area (Å²) >= 11 is 0. The van der Waals surface area contributed by atoms with Crippen LogP contribution < -0.4 is 0 Å². The van der Waals surface area contributed by atoms with Crippen LogP contribution in [0, 0.1) is 0 Å². The van der Waals surface area contributed by atoms with Gasteiger partial charge >= 0.3 is 0 Å². The molecule has 3 rings (SSSR count). The zero-order valence-corrected chi connectivity index (χ0v) is 12.6. The summed E-state index contributed by atoms with van der Waals surface area (Å²) in [5.41, 5.74) is 7.49. The van der Waals surface area contributed by atoms with Crippen molar-refractivity contribution in [2.24, 2.45) is 0 Å². The molecule has 106 valence electrons. The lowest BCUT2D eigenvalue weighted by Crippen LogP contribution is -1.98. The molecule has 0 aromatic heterocycles. The standard InChI is InChI=1S/C19H30/c1-2-5-11-16(10-4-1)18-14-6-3-7-15-19(18)17-12-8-9-13-17/h1-15H2. The van der Waals surface area contributed by atoms with E-state index in [1.807, 2.05) is 22.3 Å². The molecule has 0 nitrogen and oxygen atoms in total. The lowest BCUT2D eigenvalue weighted by molar-refractivity contribution is 0.702. The Morgan fingerprint density at radius 2 is 0.632 bits per heavy atom. The molecule has 3 aliphatic carbocycles. The molecule has 0 aliphatic heterocycles. The van der Waals surface area contributed by atoms with Crippen LogP contribution >= 0.6 is 0 Å². The summed E-state index contributed by atoms with van der Waals surface area (Å²) in [5, 5.41) is 0. The van der Waals surface area contributed by atoms with Crippen LogP contribution in [0.1, 0.15) is 96.3 Å². The molecule has 19 heavy (non-hydrogen) atoms. The van der Waals surface area contributed by atoms with E-state index in [4.69, 9.17) is 0 Å². The molecule has 0 radical (unpaired) electrons. The van der Waals surface area contributed by atoms with Gasteiger partial charge in [-0.2, -0.15) is 0 Å². The van der Waals surface area contributed by atoms with Gasteiger partial charge in [-0.1, -0.05) is 30.4 Å². The molecular formula is C19H30. The van der Waals surface area contributed by atoms with Gasteiger partial charge in [0.15, 0.2) is 0 Å². The number of hydrogen-bond acceptors (Lipinski definition) is 0. The van der Waals surface area contributed by atoms with E-state index in [1.54, 1.807) is 0 Å². The first-order valence-electron chi connectivity index (χ1n) is 8.87. The van der Waals surface area contributed by atoms with Crippen LogP contribution in [0.4, 0.5) is 0 Å². The van der Waals surface area contributed by atoms with E-state index in [2.05, 4.69) is 0 Å². The van der Waals surface area contributed by atoms with Gasteiger partial charge in [0.2, 0.25) is 0 Å². The summed E-state index contributed by atoms with van der Waals surface area (Å²) in [6.07, 6.45) is 21.7. The predicted octanol–water partition coefficient (Wildman–Crippen LogP) is 6.47. The predicted molar refractivity (Wildman–Crippen MR) is 83.3 cm³/mol. The minimum atomic E-state index is 1.41. The van der Waals surface area contributed by atoms with E-state index in [0.29, 0.717) is 0 Å². The number of hydrogen-bond donors (Lipinski definition) is 0. The largest absolute Gasteiger partial charge is 0.0667 e. The first kappa shape index (κ1) is 13.5. The zero-order chi connectivity index (χ0) is 12.9. The van der Waals surface area contributed by atoms with Crippen LogP contribution in [-0.2, 0) is 0 Å². The number of rotatable bonds is 0. The molecule has 3 aliphatic rings. The van der Waals surface area contributed by atoms with Crippen LogP contribution in [0.5, 0.6) is 0 Å². The Kier molecular flexibility index (Phi) is 4.80. The van der Waals surface area contributed by atoms with Gasteiger partial charge < -0.3 is 0 Å². The lowest BCUT2D eigenvalue weighted by Gasteiger charge is -2.18. The van der Waals surface area contributed by atoms with Gasteiger partial charge in [-0.3, -0.25) is 0 Å². The molecule has 0 saturated heterocycles. The van der Waals surface area contributed by atoms with Crippen molar-refractivity contribution in [2.45, 2.75) is 96.3 Å². The maximum atomic E-state index is 1.88. The van der Waals surface area contributed by atoms with E-state index in [0.717, 1.165) is 0 Å². The van der Waals surface area contributed by atoms with Crippen molar-refractivity contribution < 1.29 is 0 Å². The Balaban J connectivity index is 1.93. The third-order valence-electron chi connectivity index (χ3n) is 5.49. The second kappa shape index (κ2) is 6.77. The maximum absolute atomic E-state index is 1.88. The van der Waals surface area contributed by atoms with Gasteiger partial charge in [-0.15, -0.1) is 0 Å². The third kappa shape index (κ3) is 3.33. The molecule has 0 amide bonds. The molecule has 0 heteroatoms. The van der Waals surface area contributed by atoms with Crippen molar-refractivity contribution in [1.29, 1.82) is 0 Å². The van der Waals surface area contributed by atoms with Crippen molar-refractivity contribution in [3.63, 3.8) is 0 Å². The van der Waals surface area contributed by atoms with Crippen molar-refractivity contribution in [2.75, 3.05) is 0 Å². The first-order chi connectivity index (χ1) is 9.45. The van der Waals surface area contributed by atoms with E-state index in [9.17, 15) is 0 Å². The average molecular weight is 258 g/mol. The fourth-order valence-corrected chi connectivity index (χ4v) is 4.42. The molecule has 0 heterocycles. The molecule has 0 N–H and O–H groups in total. The highest BCUT2D eigenvalue weighted by molar-refractivity contribution is 5.40. The summed E-state index contributed by atoms with van der Waals surface area (Å²) in [6.45, 7) is 0. The normalized spacial score (nSPS) is 26.5. The van der Waals surface area contributed by atoms with Gasteiger partial charge in [-0.05, 0) is 88.2 Å². The highest BCUT2D eigenvalue weighted by Gasteiger charge is 2.20. The molecule has 3 fully saturated rings. The van der Waals surface area contributed by atoms with Crippen molar-refractivity contribution in [1.82, 2.24) is 0 Å². The van der Waals surface area contributed by atoms with Crippen molar-refractivity contribution in [3.05, 3.63) is 22.3 Å². The fraction of sp³-hybridized carbons (Fsp3) is 0.789. The molecular weight excluding hydrogens is 228 g/mol. The van der Waals surface area contributed by atoms with Gasteiger partial charge in [-0.25, -0.2) is 0 Å². The summed E-state index contributed by atoms with van der Waals surface area (Å²) in [6, 6.07) is 0. The van der Waals surface area contributed by atoms with E-state index >= 15 is 0 Å². The average Bonchev–Trinajstić information content (AvgIpc) is 2.69. The summed E-state index contributed by atoms with van der Waals surface area (Å²) in [7, 11) is 0.